The van der Waals surface area contributed by atoms with E-state index in [4.69, 9.17) is 28.3 Å². The van der Waals surface area contributed by atoms with Crippen molar-refractivity contribution in [1.82, 2.24) is 24.5 Å². The lowest BCUT2D eigenvalue weighted by molar-refractivity contribution is -0.117. The van der Waals surface area contributed by atoms with Crippen molar-refractivity contribution in [2.45, 2.75) is 13.1 Å². The third-order valence-electron chi connectivity index (χ3n) is 3.36. The number of aromatic nitrogens is 5. The highest BCUT2D eigenvalue weighted by Gasteiger charge is 2.12. The summed E-state index contributed by atoms with van der Waals surface area (Å²) in [6, 6.07) is 5.18. The molecule has 0 aliphatic carbocycles. The van der Waals surface area contributed by atoms with Gasteiger partial charge in [0.1, 0.15) is 12.9 Å². The molecule has 0 radical (unpaired) electrons. The van der Waals surface area contributed by atoms with E-state index in [9.17, 15) is 9.59 Å². The molecule has 3 aromatic rings. The maximum absolute atomic E-state index is 12.0. The topological polar surface area (TPSA) is 115 Å². The maximum Gasteiger partial charge on any atom is 0.338 e. The van der Waals surface area contributed by atoms with Crippen molar-refractivity contribution >= 4 is 41.0 Å². The van der Waals surface area contributed by atoms with Gasteiger partial charge < -0.3 is 5.11 Å². The Morgan fingerprint density at radius 3 is 2.58 bits per heavy atom. The van der Waals surface area contributed by atoms with E-state index in [1.165, 1.54) is 21.9 Å². The van der Waals surface area contributed by atoms with Crippen molar-refractivity contribution < 1.29 is 14.7 Å². The average Bonchev–Trinajstić information content (AvgIpc) is 3.21. The van der Waals surface area contributed by atoms with Crippen LogP contribution in [0.5, 0.6) is 0 Å². The molecule has 9 nitrogen and oxygen atoms in total. The van der Waals surface area contributed by atoms with Crippen LogP contribution in [0.1, 0.15) is 15.9 Å². The van der Waals surface area contributed by atoms with Gasteiger partial charge in [0.25, 0.3) is 0 Å². The van der Waals surface area contributed by atoms with Gasteiger partial charge in [-0.3, -0.25) is 14.8 Å². The lowest BCUT2D eigenvalue weighted by Crippen LogP contribution is -2.20. The fourth-order valence-corrected chi connectivity index (χ4v) is 2.66. The molecular weight excluding hydrogens is 383 g/mol. The molecule has 1 aromatic carbocycles. The number of hydrogen-bond donors (Lipinski definition) is 2. The average molecular weight is 395 g/mol. The Hall–Kier alpha value is -2.91. The number of anilines is 1. The molecule has 3 rings (SSSR count). The van der Waals surface area contributed by atoms with Gasteiger partial charge in [0.05, 0.1) is 18.3 Å². The molecule has 0 atom stereocenters. The van der Waals surface area contributed by atoms with Crippen LogP contribution < -0.4 is 5.32 Å². The first-order valence-corrected chi connectivity index (χ1v) is 8.06. The van der Waals surface area contributed by atoms with Crippen LogP contribution in [-0.2, 0) is 17.9 Å². The molecular formula is C15H12Cl2N6O3. The highest BCUT2D eigenvalue weighted by atomic mass is 35.5. The van der Waals surface area contributed by atoms with Crippen LogP contribution >= 0.6 is 23.2 Å². The zero-order chi connectivity index (χ0) is 18.7. The largest absolute Gasteiger partial charge is 0.478 e. The monoisotopic (exact) mass is 394 g/mol. The number of nitrogens with zero attached hydrogens (tertiary/aromatic N) is 5. The minimum absolute atomic E-state index is 0.00294. The molecule has 0 saturated carbocycles. The second-order valence-electron chi connectivity index (χ2n) is 5.25. The third kappa shape index (κ3) is 4.19. The van der Waals surface area contributed by atoms with E-state index in [1.807, 2.05) is 0 Å². The second-order valence-corrected chi connectivity index (χ2v) is 6.06. The van der Waals surface area contributed by atoms with Crippen LogP contribution in [0.25, 0.3) is 0 Å². The molecule has 0 spiro atoms. The van der Waals surface area contributed by atoms with E-state index in [1.54, 1.807) is 18.2 Å². The first-order valence-electron chi connectivity index (χ1n) is 7.30. The van der Waals surface area contributed by atoms with Crippen molar-refractivity contribution in [2.75, 3.05) is 5.32 Å². The van der Waals surface area contributed by atoms with Crippen molar-refractivity contribution in [1.29, 1.82) is 0 Å². The molecule has 11 heteroatoms. The minimum atomic E-state index is -1.12. The Morgan fingerprint density at radius 2 is 1.92 bits per heavy atom. The van der Waals surface area contributed by atoms with E-state index in [0.29, 0.717) is 22.2 Å². The summed E-state index contributed by atoms with van der Waals surface area (Å²) in [5.74, 6) is -1.46. The van der Waals surface area contributed by atoms with E-state index in [-0.39, 0.29) is 18.1 Å². The van der Waals surface area contributed by atoms with Gasteiger partial charge in [0, 0.05) is 21.8 Å². The van der Waals surface area contributed by atoms with Crippen LogP contribution in [0, 0.1) is 0 Å². The van der Waals surface area contributed by atoms with Gasteiger partial charge in [-0.15, -0.1) is 5.10 Å². The number of nitrogens with one attached hydrogen (secondary N) is 1. The molecule has 0 aliphatic rings. The summed E-state index contributed by atoms with van der Waals surface area (Å²) < 4.78 is 2.69. The molecule has 2 aromatic heterocycles. The molecule has 2 N–H and O–H groups in total. The SMILES string of the molecule is O=C(Cn1cc(C(=O)O)cn1)Nc1ncn(Cc2c(Cl)cccc2Cl)n1. The Bertz CT molecular complexity index is 948. The van der Waals surface area contributed by atoms with E-state index < -0.39 is 11.9 Å². The number of carbonyl (C=O) groups is 2. The molecule has 0 bridgehead atoms. The van der Waals surface area contributed by atoms with Crippen LogP contribution in [0.15, 0.2) is 36.9 Å². The molecule has 1 amide bonds. The quantitative estimate of drug-likeness (QED) is 0.661. The zero-order valence-corrected chi connectivity index (χ0v) is 14.6. The lowest BCUT2D eigenvalue weighted by Gasteiger charge is -2.06. The molecule has 134 valence electrons. The summed E-state index contributed by atoms with van der Waals surface area (Å²) in [4.78, 5) is 26.8. The first kappa shape index (κ1) is 17.9. The van der Waals surface area contributed by atoms with Crippen LogP contribution in [0.2, 0.25) is 10.0 Å². The molecule has 0 saturated heterocycles. The molecule has 0 fully saturated rings. The number of amides is 1. The van der Waals surface area contributed by atoms with Gasteiger partial charge in [-0.25, -0.2) is 14.5 Å². The number of aromatic carboxylic acids is 1. The number of benzene rings is 1. The van der Waals surface area contributed by atoms with Gasteiger partial charge in [0.2, 0.25) is 11.9 Å². The highest BCUT2D eigenvalue weighted by molar-refractivity contribution is 6.35. The van der Waals surface area contributed by atoms with Gasteiger partial charge in [0.15, 0.2) is 0 Å². The predicted octanol–water partition coefficient (Wildman–Crippen LogP) is 2.17. The Balaban J connectivity index is 1.62. The van der Waals surface area contributed by atoms with Gasteiger partial charge in [-0.1, -0.05) is 29.3 Å². The van der Waals surface area contributed by atoms with Crippen LogP contribution in [-0.4, -0.2) is 41.5 Å². The third-order valence-corrected chi connectivity index (χ3v) is 4.06. The Labute approximate surface area is 157 Å². The summed E-state index contributed by atoms with van der Waals surface area (Å²) in [7, 11) is 0. The number of carbonyl (C=O) groups excluding carboxylic acids is 1. The first-order chi connectivity index (χ1) is 12.4. The zero-order valence-electron chi connectivity index (χ0n) is 13.1. The molecule has 26 heavy (non-hydrogen) atoms. The van der Waals surface area contributed by atoms with Crippen molar-refractivity contribution in [3.05, 3.63) is 58.1 Å². The van der Waals surface area contributed by atoms with E-state index in [0.717, 1.165) is 6.20 Å². The molecule has 0 aliphatic heterocycles. The van der Waals surface area contributed by atoms with Gasteiger partial charge >= 0.3 is 5.97 Å². The Kier molecular flexibility index (Phi) is 5.19. The molecule has 0 unspecified atom stereocenters. The smallest absolute Gasteiger partial charge is 0.338 e. The Morgan fingerprint density at radius 1 is 1.19 bits per heavy atom. The lowest BCUT2D eigenvalue weighted by atomic mass is 10.2. The number of halogens is 2. The summed E-state index contributed by atoms with van der Waals surface area (Å²) >= 11 is 12.2. The summed E-state index contributed by atoms with van der Waals surface area (Å²) in [5, 5.41) is 20.3. The predicted molar refractivity (Wildman–Crippen MR) is 93.4 cm³/mol. The van der Waals surface area contributed by atoms with Crippen LogP contribution in [0.4, 0.5) is 5.95 Å². The molecule has 2 heterocycles. The summed E-state index contributed by atoms with van der Waals surface area (Å²) in [5.41, 5.74) is 0.688. The van der Waals surface area contributed by atoms with Crippen molar-refractivity contribution in [3.63, 3.8) is 0 Å². The number of carboxylic acid groups (broad SMARTS) is 1. The minimum Gasteiger partial charge on any atom is -0.478 e. The van der Waals surface area contributed by atoms with E-state index in [2.05, 4.69) is 20.5 Å². The van der Waals surface area contributed by atoms with Gasteiger partial charge in [-0.05, 0) is 12.1 Å². The second kappa shape index (κ2) is 7.54. The normalized spacial score (nSPS) is 10.7. The standard InChI is InChI=1S/C15H12Cl2N6O3/c16-11-2-1-3-12(17)10(11)6-23-8-18-15(21-23)20-13(24)7-22-5-9(4-19-22)14(25)26/h1-5,8H,6-7H2,(H,25,26)(H,20,21,24). The van der Waals surface area contributed by atoms with Crippen molar-refractivity contribution in [2.24, 2.45) is 0 Å². The number of rotatable bonds is 6. The highest BCUT2D eigenvalue weighted by Crippen LogP contribution is 2.24. The number of hydrogen-bond acceptors (Lipinski definition) is 5. The summed E-state index contributed by atoms with van der Waals surface area (Å²) in [6.45, 7) is 0.126. The number of carboxylic acids is 1. The van der Waals surface area contributed by atoms with Crippen LogP contribution in [0.3, 0.4) is 0 Å². The van der Waals surface area contributed by atoms with Crippen molar-refractivity contribution in [3.8, 4) is 0 Å². The summed E-state index contributed by atoms with van der Waals surface area (Å²) in [6.07, 6.45) is 3.86. The van der Waals surface area contributed by atoms with E-state index >= 15 is 0 Å². The maximum atomic E-state index is 12.0. The fraction of sp³-hybridized carbons (Fsp3) is 0.133. The fourth-order valence-electron chi connectivity index (χ4n) is 2.15. The van der Waals surface area contributed by atoms with Gasteiger partial charge in [-0.2, -0.15) is 5.10 Å².